The number of hydrogen-bond acceptors (Lipinski definition) is 5. The van der Waals surface area contributed by atoms with E-state index in [0.717, 1.165) is 30.7 Å². The molecule has 34 heavy (non-hydrogen) atoms. The minimum atomic E-state index is -0.652. The largest absolute Gasteiger partial charge is 0.497 e. The number of nitrogens with zero attached hydrogens (tertiary/aromatic N) is 3. The molecule has 1 aromatic heterocycles. The molecular formula is C27H35N3O4. The summed E-state index contributed by atoms with van der Waals surface area (Å²) in [7, 11) is 1.61. The van der Waals surface area contributed by atoms with Crippen LogP contribution in [-0.4, -0.2) is 28.4 Å². The minimum absolute atomic E-state index is 0.0539. The number of methoxy groups -OCH3 is 1. The summed E-state index contributed by atoms with van der Waals surface area (Å²) in [6.07, 6.45) is 2.24. The molecule has 0 spiro atoms. The lowest BCUT2D eigenvalue weighted by Gasteiger charge is -2.28. The number of amides is 1. The fourth-order valence-electron chi connectivity index (χ4n) is 3.81. The Balaban J connectivity index is 2.09. The normalized spacial score (nSPS) is 11.5. The van der Waals surface area contributed by atoms with Crippen LogP contribution in [0.25, 0.3) is 10.9 Å². The second-order valence-electron chi connectivity index (χ2n) is 9.30. The van der Waals surface area contributed by atoms with E-state index >= 15 is 0 Å². The topological polar surface area (TPSA) is 73.7 Å². The molecule has 1 amide bonds. The molecule has 0 aliphatic rings. The van der Waals surface area contributed by atoms with Gasteiger partial charge in [0.2, 0.25) is 0 Å². The zero-order valence-electron chi connectivity index (χ0n) is 21.1. The van der Waals surface area contributed by atoms with Crippen molar-refractivity contribution in [3.8, 4) is 5.75 Å². The molecule has 182 valence electrons. The third kappa shape index (κ3) is 5.95. The number of fused-ring (bicyclic) bond motifs is 1. The summed E-state index contributed by atoms with van der Waals surface area (Å²) in [6, 6.07) is 12.9. The van der Waals surface area contributed by atoms with Crippen molar-refractivity contribution in [2.75, 3.05) is 12.0 Å². The molecule has 7 heteroatoms. The van der Waals surface area contributed by atoms with Crippen LogP contribution in [-0.2, 0) is 24.2 Å². The van der Waals surface area contributed by atoms with E-state index in [1.54, 1.807) is 34.8 Å². The van der Waals surface area contributed by atoms with Crippen molar-refractivity contribution in [1.29, 1.82) is 0 Å². The first-order valence-electron chi connectivity index (χ1n) is 11.8. The minimum Gasteiger partial charge on any atom is -0.497 e. The summed E-state index contributed by atoms with van der Waals surface area (Å²) >= 11 is 0. The van der Waals surface area contributed by atoms with Crippen molar-refractivity contribution in [1.82, 2.24) is 9.55 Å². The van der Waals surface area contributed by atoms with E-state index in [-0.39, 0.29) is 12.1 Å². The van der Waals surface area contributed by atoms with Gasteiger partial charge in [0, 0.05) is 18.7 Å². The van der Waals surface area contributed by atoms with E-state index in [1.165, 1.54) is 0 Å². The number of hydrogen-bond donors (Lipinski definition) is 0. The van der Waals surface area contributed by atoms with Gasteiger partial charge in [-0.2, -0.15) is 0 Å². The van der Waals surface area contributed by atoms with Crippen molar-refractivity contribution in [3.63, 3.8) is 0 Å². The maximum atomic E-state index is 13.2. The maximum absolute atomic E-state index is 13.2. The van der Waals surface area contributed by atoms with Gasteiger partial charge in [0.15, 0.2) is 0 Å². The van der Waals surface area contributed by atoms with E-state index in [0.29, 0.717) is 28.9 Å². The molecule has 3 aromatic rings. The van der Waals surface area contributed by atoms with Crippen molar-refractivity contribution in [2.24, 2.45) is 0 Å². The van der Waals surface area contributed by atoms with Gasteiger partial charge in [-0.1, -0.05) is 25.5 Å². The highest BCUT2D eigenvalue weighted by Crippen LogP contribution is 2.25. The van der Waals surface area contributed by atoms with Crippen LogP contribution in [0.1, 0.15) is 58.8 Å². The molecule has 3 rings (SSSR count). The molecule has 0 N–H and O–H groups in total. The third-order valence-corrected chi connectivity index (χ3v) is 5.49. The van der Waals surface area contributed by atoms with Crippen LogP contribution in [0.3, 0.4) is 0 Å². The van der Waals surface area contributed by atoms with Gasteiger partial charge >= 0.3 is 6.09 Å². The number of carbonyl (C=O) groups excluding carboxylic acids is 1. The lowest BCUT2D eigenvalue weighted by Crippen LogP contribution is -2.36. The zero-order valence-corrected chi connectivity index (χ0v) is 21.1. The molecule has 0 atom stereocenters. The summed E-state index contributed by atoms with van der Waals surface area (Å²) in [5, 5.41) is 0.538. The molecule has 0 aliphatic carbocycles. The SMILES string of the molecule is CCCCc1nc2cc(N(Cc3cccc(OC)c3)C(=O)OC(C)(C)C)ccc2c(=O)n1CC. The van der Waals surface area contributed by atoms with E-state index in [9.17, 15) is 9.59 Å². The summed E-state index contributed by atoms with van der Waals surface area (Å²) in [6.45, 7) is 10.4. The van der Waals surface area contributed by atoms with E-state index in [2.05, 4.69) is 6.92 Å². The summed E-state index contributed by atoms with van der Waals surface area (Å²) < 4.78 is 12.8. The lowest BCUT2D eigenvalue weighted by atomic mass is 10.1. The van der Waals surface area contributed by atoms with Crippen molar-refractivity contribution >= 4 is 22.7 Å². The smallest absolute Gasteiger partial charge is 0.415 e. The molecule has 0 bridgehead atoms. The first-order chi connectivity index (χ1) is 16.2. The van der Waals surface area contributed by atoms with Gasteiger partial charge in [-0.05, 0) is 70.0 Å². The summed E-state index contributed by atoms with van der Waals surface area (Å²) in [5.41, 5.74) is 1.38. The molecule has 0 radical (unpaired) electrons. The summed E-state index contributed by atoms with van der Waals surface area (Å²) in [4.78, 5) is 32.7. The van der Waals surface area contributed by atoms with Crippen molar-refractivity contribution < 1.29 is 14.3 Å². The van der Waals surface area contributed by atoms with E-state index in [4.69, 9.17) is 14.5 Å². The predicted octanol–water partition coefficient (Wildman–Crippen LogP) is 5.71. The average molecular weight is 466 g/mol. The Bertz CT molecular complexity index is 1210. The Labute approximate surface area is 201 Å². The second-order valence-corrected chi connectivity index (χ2v) is 9.30. The molecule has 0 saturated carbocycles. The fraction of sp³-hybridized carbons (Fsp3) is 0.444. The average Bonchev–Trinajstić information content (AvgIpc) is 2.80. The van der Waals surface area contributed by atoms with Crippen LogP contribution in [0.5, 0.6) is 5.75 Å². The molecular weight excluding hydrogens is 430 g/mol. The Kier molecular flexibility index (Phi) is 7.97. The Morgan fingerprint density at radius 1 is 1.12 bits per heavy atom. The Morgan fingerprint density at radius 3 is 2.53 bits per heavy atom. The number of aryl methyl sites for hydroxylation is 1. The van der Waals surface area contributed by atoms with Crippen molar-refractivity contribution in [2.45, 2.75) is 72.6 Å². The number of carbonyl (C=O) groups is 1. The lowest BCUT2D eigenvalue weighted by molar-refractivity contribution is 0.0577. The number of benzene rings is 2. The molecule has 1 heterocycles. The number of unbranched alkanes of at least 4 members (excludes halogenated alkanes) is 1. The molecule has 0 fully saturated rings. The molecule has 0 aliphatic heterocycles. The van der Waals surface area contributed by atoms with Crippen LogP contribution in [0.4, 0.5) is 10.5 Å². The van der Waals surface area contributed by atoms with E-state index in [1.807, 2.05) is 52.0 Å². The van der Waals surface area contributed by atoms with Crippen LogP contribution in [0.2, 0.25) is 0 Å². The first kappa shape index (κ1) is 25.3. The van der Waals surface area contributed by atoms with Crippen molar-refractivity contribution in [3.05, 3.63) is 64.2 Å². The van der Waals surface area contributed by atoms with Crippen LogP contribution < -0.4 is 15.2 Å². The Morgan fingerprint density at radius 2 is 1.88 bits per heavy atom. The van der Waals surface area contributed by atoms with Gasteiger partial charge in [-0.15, -0.1) is 0 Å². The fourth-order valence-corrected chi connectivity index (χ4v) is 3.81. The standard InChI is InChI=1S/C27H35N3O4/c1-7-9-13-24-28-23-17-20(14-15-22(23)25(31)29(24)8-2)30(26(32)34-27(3,4)5)18-19-11-10-12-21(16-19)33-6/h10-12,14-17H,7-9,13,18H2,1-6H3. The highest BCUT2D eigenvalue weighted by Gasteiger charge is 2.24. The summed E-state index contributed by atoms with van der Waals surface area (Å²) in [5.74, 6) is 1.48. The molecule has 0 unspecified atom stereocenters. The van der Waals surface area contributed by atoms with Gasteiger partial charge in [0.25, 0.3) is 5.56 Å². The van der Waals surface area contributed by atoms with Crippen LogP contribution in [0.15, 0.2) is 47.3 Å². The van der Waals surface area contributed by atoms with E-state index < -0.39 is 11.7 Å². The van der Waals surface area contributed by atoms with Gasteiger partial charge in [0.1, 0.15) is 17.2 Å². The number of aromatic nitrogens is 2. The maximum Gasteiger partial charge on any atom is 0.415 e. The van der Waals surface area contributed by atoms with Gasteiger partial charge < -0.3 is 9.47 Å². The van der Waals surface area contributed by atoms with Crippen LogP contribution in [0, 0.1) is 0 Å². The van der Waals surface area contributed by atoms with Gasteiger partial charge in [-0.25, -0.2) is 9.78 Å². The molecule has 0 saturated heterocycles. The molecule has 7 nitrogen and oxygen atoms in total. The number of rotatable bonds is 8. The first-order valence-corrected chi connectivity index (χ1v) is 11.8. The zero-order chi connectivity index (χ0) is 24.9. The highest BCUT2D eigenvalue weighted by atomic mass is 16.6. The molecule has 2 aromatic carbocycles. The quantitative estimate of drug-likeness (QED) is 0.426. The highest BCUT2D eigenvalue weighted by molar-refractivity contribution is 5.91. The Hall–Kier alpha value is -3.35. The number of ether oxygens (including phenoxy) is 2. The van der Waals surface area contributed by atoms with Gasteiger partial charge in [0.05, 0.1) is 24.6 Å². The second kappa shape index (κ2) is 10.7. The van der Waals surface area contributed by atoms with Crippen LogP contribution >= 0.6 is 0 Å². The predicted molar refractivity (Wildman–Crippen MR) is 136 cm³/mol. The van der Waals surface area contributed by atoms with Gasteiger partial charge in [-0.3, -0.25) is 14.3 Å². The third-order valence-electron chi connectivity index (χ3n) is 5.49. The number of anilines is 1. The monoisotopic (exact) mass is 465 g/mol.